The standard InChI is InChI=1S/C18H20N2OS/c1-14(2)16-10-8-15(9-11-16)12-19-20-18(21)13-22-17-6-4-3-5-7-17/h3-12,14H,13H2,1-2H3,(H,20,21)/b19-12-. The molecule has 22 heavy (non-hydrogen) atoms. The predicted octanol–water partition coefficient (Wildman–Crippen LogP) is 4.05. The summed E-state index contributed by atoms with van der Waals surface area (Å²) >= 11 is 1.49. The Balaban J connectivity index is 1.78. The third-order valence-electron chi connectivity index (χ3n) is 3.12. The van der Waals surface area contributed by atoms with E-state index in [1.165, 1.54) is 17.3 Å². The zero-order valence-electron chi connectivity index (χ0n) is 12.8. The van der Waals surface area contributed by atoms with E-state index in [1.54, 1.807) is 6.21 Å². The van der Waals surface area contributed by atoms with E-state index in [-0.39, 0.29) is 5.91 Å². The van der Waals surface area contributed by atoms with Gasteiger partial charge in [0.1, 0.15) is 0 Å². The second-order valence-electron chi connectivity index (χ2n) is 5.22. The van der Waals surface area contributed by atoms with Gasteiger partial charge in [-0.2, -0.15) is 5.10 Å². The summed E-state index contributed by atoms with van der Waals surface area (Å²) < 4.78 is 0. The highest BCUT2D eigenvalue weighted by atomic mass is 32.2. The second-order valence-corrected chi connectivity index (χ2v) is 6.27. The number of thioether (sulfide) groups is 1. The fourth-order valence-corrected chi connectivity index (χ4v) is 2.56. The first kappa shape index (κ1) is 16.3. The first-order valence-electron chi connectivity index (χ1n) is 7.25. The number of nitrogens with zero attached hydrogens (tertiary/aromatic N) is 1. The Labute approximate surface area is 135 Å². The number of amides is 1. The number of rotatable bonds is 6. The van der Waals surface area contributed by atoms with E-state index in [9.17, 15) is 4.79 Å². The van der Waals surface area contributed by atoms with Crippen molar-refractivity contribution in [1.82, 2.24) is 5.43 Å². The van der Waals surface area contributed by atoms with Crippen LogP contribution >= 0.6 is 11.8 Å². The van der Waals surface area contributed by atoms with Crippen LogP contribution in [0.5, 0.6) is 0 Å². The van der Waals surface area contributed by atoms with Crippen molar-refractivity contribution in [1.29, 1.82) is 0 Å². The molecule has 0 spiro atoms. The minimum Gasteiger partial charge on any atom is -0.272 e. The maximum absolute atomic E-state index is 11.7. The quantitative estimate of drug-likeness (QED) is 0.496. The number of hydrogen-bond donors (Lipinski definition) is 1. The van der Waals surface area contributed by atoms with E-state index >= 15 is 0 Å². The smallest absolute Gasteiger partial charge is 0.250 e. The number of hydrogen-bond acceptors (Lipinski definition) is 3. The molecule has 0 atom stereocenters. The molecule has 2 aromatic rings. The lowest BCUT2D eigenvalue weighted by Gasteiger charge is -2.04. The zero-order valence-corrected chi connectivity index (χ0v) is 13.6. The summed E-state index contributed by atoms with van der Waals surface area (Å²) in [6.07, 6.45) is 1.66. The molecule has 0 saturated carbocycles. The minimum absolute atomic E-state index is 0.107. The van der Waals surface area contributed by atoms with Crippen LogP contribution in [-0.4, -0.2) is 17.9 Å². The fourth-order valence-electron chi connectivity index (χ4n) is 1.84. The van der Waals surface area contributed by atoms with Gasteiger partial charge < -0.3 is 0 Å². The van der Waals surface area contributed by atoms with Gasteiger partial charge in [-0.15, -0.1) is 11.8 Å². The van der Waals surface area contributed by atoms with Crippen LogP contribution in [-0.2, 0) is 4.79 Å². The summed E-state index contributed by atoms with van der Waals surface area (Å²) in [7, 11) is 0. The van der Waals surface area contributed by atoms with Gasteiger partial charge in [0.25, 0.3) is 0 Å². The Bertz CT molecular complexity index is 621. The highest BCUT2D eigenvalue weighted by molar-refractivity contribution is 8.00. The van der Waals surface area contributed by atoms with Gasteiger partial charge in [0.05, 0.1) is 12.0 Å². The van der Waals surface area contributed by atoms with Gasteiger partial charge in [0.2, 0.25) is 5.91 Å². The van der Waals surface area contributed by atoms with Crippen molar-refractivity contribution in [2.75, 3.05) is 5.75 Å². The molecule has 0 radical (unpaired) electrons. The molecule has 0 unspecified atom stereocenters. The van der Waals surface area contributed by atoms with E-state index in [0.29, 0.717) is 11.7 Å². The predicted molar refractivity (Wildman–Crippen MR) is 93.4 cm³/mol. The molecule has 114 valence electrons. The van der Waals surface area contributed by atoms with Gasteiger partial charge in [-0.3, -0.25) is 4.79 Å². The maximum Gasteiger partial charge on any atom is 0.250 e. The van der Waals surface area contributed by atoms with E-state index < -0.39 is 0 Å². The normalized spacial score (nSPS) is 11.0. The summed E-state index contributed by atoms with van der Waals surface area (Å²) in [6.45, 7) is 4.32. The van der Waals surface area contributed by atoms with Gasteiger partial charge in [-0.1, -0.05) is 56.3 Å². The highest BCUT2D eigenvalue weighted by Gasteiger charge is 2.01. The van der Waals surface area contributed by atoms with E-state index in [0.717, 1.165) is 10.5 Å². The Morgan fingerprint density at radius 1 is 1.14 bits per heavy atom. The van der Waals surface area contributed by atoms with Crippen LogP contribution in [0, 0.1) is 0 Å². The Hall–Kier alpha value is -2.07. The van der Waals surface area contributed by atoms with Crippen molar-refractivity contribution in [2.24, 2.45) is 5.10 Å². The van der Waals surface area contributed by atoms with Gasteiger partial charge in [-0.05, 0) is 29.2 Å². The van der Waals surface area contributed by atoms with Gasteiger partial charge in [-0.25, -0.2) is 5.43 Å². The summed E-state index contributed by atoms with van der Waals surface area (Å²) in [5, 5.41) is 3.99. The molecular formula is C18H20N2OS. The average Bonchev–Trinajstić information content (AvgIpc) is 2.54. The lowest BCUT2D eigenvalue weighted by Crippen LogP contribution is -2.19. The molecule has 0 heterocycles. The molecule has 3 nitrogen and oxygen atoms in total. The van der Waals surface area contributed by atoms with Gasteiger partial charge >= 0.3 is 0 Å². The third-order valence-corrected chi connectivity index (χ3v) is 4.13. The number of carbonyl (C=O) groups is 1. The Kier molecular flexibility index (Phi) is 6.22. The molecule has 1 N–H and O–H groups in total. The number of benzene rings is 2. The Morgan fingerprint density at radius 2 is 1.82 bits per heavy atom. The average molecular weight is 312 g/mol. The zero-order chi connectivity index (χ0) is 15.8. The molecule has 0 saturated heterocycles. The van der Waals surface area contributed by atoms with Crippen molar-refractivity contribution < 1.29 is 4.79 Å². The molecule has 0 fully saturated rings. The largest absolute Gasteiger partial charge is 0.272 e. The molecular weight excluding hydrogens is 292 g/mol. The van der Waals surface area contributed by atoms with Gasteiger partial charge in [0.15, 0.2) is 0 Å². The second kappa shape index (κ2) is 8.39. The molecule has 0 aliphatic carbocycles. The Morgan fingerprint density at radius 3 is 2.45 bits per heavy atom. The minimum atomic E-state index is -0.107. The molecule has 1 amide bonds. The molecule has 4 heteroatoms. The summed E-state index contributed by atoms with van der Waals surface area (Å²) in [4.78, 5) is 12.8. The van der Waals surface area contributed by atoms with Crippen LogP contribution in [0.15, 0.2) is 64.6 Å². The number of hydrazone groups is 1. The highest BCUT2D eigenvalue weighted by Crippen LogP contribution is 2.16. The molecule has 2 rings (SSSR count). The van der Waals surface area contributed by atoms with Crippen LogP contribution in [0.2, 0.25) is 0 Å². The lowest BCUT2D eigenvalue weighted by atomic mass is 10.0. The monoisotopic (exact) mass is 312 g/mol. The maximum atomic E-state index is 11.7. The third kappa shape index (κ3) is 5.37. The van der Waals surface area contributed by atoms with Crippen molar-refractivity contribution in [3.8, 4) is 0 Å². The molecule has 0 bridgehead atoms. The van der Waals surface area contributed by atoms with E-state index in [4.69, 9.17) is 0 Å². The molecule has 0 aliphatic heterocycles. The topological polar surface area (TPSA) is 41.5 Å². The van der Waals surface area contributed by atoms with Crippen LogP contribution in [0.25, 0.3) is 0 Å². The van der Waals surface area contributed by atoms with Crippen molar-refractivity contribution in [3.63, 3.8) is 0 Å². The first-order chi connectivity index (χ1) is 10.6. The van der Waals surface area contributed by atoms with Crippen LogP contribution in [0.3, 0.4) is 0 Å². The van der Waals surface area contributed by atoms with Gasteiger partial charge in [0, 0.05) is 4.90 Å². The van der Waals surface area contributed by atoms with E-state index in [2.05, 4.69) is 36.5 Å². The summed E-state index contributed by atoms with van der Waals surface area (Å²) in [6, 6.07) is 18.0. The number of carbonyl (C=O) groups excluding carboxylic acids is 1. The molecule has 0 aromatic heterocycles. The lowest BCUT2D eigenvalue weighted by molar-refractivity contribution is -0.118. The summed E-state index contributed by atoms with van der Waals surface area (Å²) in [5.74, 6) is 0.762. The molecule has 2 aromatic carbocycles. The SMILES string of the molecule is CC(C)c1ccc(/C=N\NC(=O)CSc2ccccc2)cc1. The van der Waals surface area contributed by atoms with Crippen molar-refractivity contribution in [3.05, 3.63) is 65.7 Å². The molecule has 0 aliphatic rings. The van der Waals surface area contributed by atoms with Crippen molar-refractivity contribution >= 4 is 23.9 Å². The fraction of sp³-hybridized carbons (Fsp3) is 0.222. The van der Waals surface area contributed by atoms with Crippen LogP contribution in [0.1, 0.15) is 30.9 Å². The number of nitrogens with one attached hydrogen (secondary N) is 1. The van der Waals surface area contributed by atoms with E-state index in [1.807, 2.05) is 42.5 Å². The summed E-state index contributed by atoms with van der Waals surface area (Å²) in [5.41, 5.74) is 4.81. The van der Waals surface area contributed by atoms with Crippen LogP contribution in [0.4, 0.5) is 0 Å². The first-order valence-corrected chi connectivity index (χ1v) is 8.23. The van der Waals surface area contributed by atoms with Crippen molar-refractivity contribution in [2.45, 2.75) is 24.7 Å². The van der Waals surface area contributed by atoms with Crippen LogP contribution < -0.4 is 5.43 Å².